The van der Waals surface area contributed by atoms with Crippen LogP contribution in [0.1, 0.15) is 23.2 Å². The van der Waals surface area contributed by atoms with Gasteiger partial charge in [0, 0.05) is 18.5 Å². The molecule has 0 unspecified atom stereocenters. The lowest BCUT2D eigenvalue weighted by Gasteiger charge is -2.01. The number of nitrogens with zero attached hydrogens (tertiary/aromatic N) is 3. The maximum absolute atomic E-state index is 12.7. The van der Waals surface area contributed by atoms with E-state index in [2.05, 4.69) is 5.10 Å². The van der Waals surface area contributed by atoms with Gasteiger partial charge in [-0.05, 0) is 30.7 Å². The quantitative estimate of drug-likeness (QED) is 0.462. The van der Waals surface area contributed by atoms with Crippen molar-refractivity contribution in [1.82, 2.24) is 9.78 Å². The molecule has 20 heavy (non-hydrogen) atoms. The van der Waals surface area contributed by atoms with E-state index in [1.807, 2.05) is 0 Å². The Morgan fingerprint density at radius 2 is 2.05 bits per heavy atom. The van der Waals surface area contributed by atoms with Crippen LogP contribution in [0.3, 0.4) is 0 Å². The third kappa shape index (κ3) is 3.47. The van der Waals surface area contributed by atoms with Crippen LogP contribution in [-0.2, 0) is 6.54 Å². The number of nitro groups is 1. The van der Waals surface area contributed by atoms with Crippen LogP contribution in [0.5, 0.6) is 0 Å². The lowest BCUT2D eigenvalue weighted by Crippen LogP contribution is -2.04. The van der Waals surface area contributed by atoms with Gasteiger partial charge in [0.15, 0.2) is 5.78 Å². The fraction of sp³-hybridized carbons (Fsp3) is 0.231. The van der Waals surface area contributed by atoms with E-state index in [0.29, 0.717) is 18.5 Å². The predicted octanol–water partition coefficient (Wildman–Crippen LogP) is 2.59. The van der Waals surface area contributed by atoms with Gasteiger partial charge >= 0.3 is 5.69 Å². The molecule has 0 bridgehead atoms. The van der Waals surface area contributed by atoms with Gasteiger partial charge in [-0.1, -0.05) is 0 Å². The largest absolute Gasteiger partial charge is 0.306 e. The highest BCUT2D eigenvalue weighted by Crippen LogP contribution is 2.10. The third-order valence-electron chi connectivity index (χ3n) is 2.79. The number of rotatable bonds is 6. The molecule has 0 N–H and O–H groups in total. The Hall–Kier alpha value is -2.57. The maximum atomic E-state index is 12.7. The highest BCUT2D eigenvalue weighted by molar-refractivity contribution is 5.95. The molecule has 0 saturated heterocycles. The van der Waals surface area contributed by atoms with Crippen molar-refractivity contribution in [2.24, 2.45) is 0 Å². The first kappa shape index (κ1) is 13.9. The van der Waals surface area contributed by atoms with Gasteiger partial charge in [0.05, 0.1) is 4.92 Å². The van der Waals surface area contributed by atoms with Crippen LogP contribution in [0.2, 0.25) is 0 Å². The molecule has 0 atom stereocenters. The van der Waals surface area contributed by atoms with Crippen molar-refractivity contribution < 1.29 is 14.1 Å². The molecule has 0 fully saturated rings. The van der Waals surface area contributed by atoms with E-state index in [0.717, 1.165) is 0 Å². The van der Waals surface area contributed by atoms with Gasteiger partial charge in [-0.15, -0.1) is 0 Å². The van der Waals surface area contributed by atoms with Gasteiger partial charge in [0.25, 0.3) is 0 Å². The Labute approximate surface area is 114 Å². The smallest absolute Gasteiger partial charge is 0.294 e. The Kier molecular flexibility index (Phi) is 4.19. The molecule has 7 heteroatoms. The van der Waals surface area contributed by atoms with E-state index in [1.165, 1.54) is 41.3 Å². The SMILES string of the molecule is O=C(CCCn1cc([N+](=O)[O-])cn1)c1ccc(F)cc1. The van der Waals surface area contributed by atoms with E-state index in [1.54, 1.807) is 0 Å². The molecule has 0 aliphatic heterocycles. The molecule has 0 aliphatic carbocycles. The van der Waals surface area contributed by atoms with Crippen molar-refractivity contribution in [2.45, 2.75) is 19.4 Å². The van der Waals surface area contributed by atoms with Gasteiger partial charge in [0.1, 0.15) is 18.2 Å². The van der Waals surface area contributed by atoms with E-state index < -0.39 is 4.92 Å². The van der Waals surface area contributed by atoms with Crippen molar-refractivity contribution >= 4 is 11.5 Å². The Balaban J connectivity index is 1.84. The number of aromatic nitrogens is 2. The lowest BCUT2D eigenvalue weighted by molar-refractivity contribution is -0.385. The van der Waals surface area contributed by atoms with Crippen LogP contribution in [0, 0.1) is 15.9 Å². The zero-order valence-electron chi connectivity index (χ0n) is 10.5. The Morgan fingerprint density at radius 1 is 1.35 bits per heavy atom. The molecule has 0 saturated carbocycles. The van der Waals surface area contributed by atoms with Crippen LogP contribution in [0.15, 0.2) is 36.7 Å². The Morgan fingerprint density at radius 3 is 2.65 bits per heavy atom. The minimum absolute atomic E-state index is 0.0742. The second-order valence-corrected chi connectivity index (χ2v) is 4.25. The fourth-order valence-electron chi connectivity index (χ4n) is 1.75. The summed E-state index contributed by atoms with van der Waals surface area (Å²) in [5.74, 6) is -0.475. The summed E-state index contributed by atoms with van der Waals surface area (Å²) in [5, 5.41) is 14.3. The zero-order valence-corrected chi connectivity index (χ0v) is 10.5. The second kappa shape index (κ2) is 6.05. The summed E-state index contributed by atoms with van der Waals surface area (Å²) in [6, 6.07) is 5.36. The number of carbonyl (C=O) groups excluding carboxylic acids is 1. The number of hydrogen-bond donors (Lipinski definition) is 0. The normalized spacial score (nSPS) is 10.4. The summed E-state index contributed by atoms with van der Waals surface area (Å²) in [4.78, 5) is 21.8. The van der Waals surface area contributed by atoms with E-state index in [9.17, 15) is 19.3 Å². The average molecular weight is 277 g/mol. The fourth-order valence-corrected chi connectivity index (χ4v) is 1.75. The van der Waals surface area contributed by atoms with Crippen LogP contribution in [0.25, 0.3) is 0 Å². The minimum atomic E-state index is -0.521. The van der Waals surface area contributed by atoms with Crippen LogP contribution in [-0.4, -0.2) is 20.5 Å². The van der Waals surface area contributed by atoms with Gasteiger partial charge in [-0.3, -0.25) is 19.6 Å². The summed E-state index contributed by atoms with van der Waals surface area (Å²) < 4.78 is 14.1. The molecular weight excluding hydrogens is 265 g/mol. The molecule has 2 rings (SSSR count). The van der Waals surface area contributed by atoms with Crippen molar-refractivity contribution in [1.29, 1.82) is 0 Å². The number of ketones is 1. The average Bonchev–Trinajstić information content (AvgIpc) is 2.88. The Bertz CT molecular complexity index is 622. The molecule has 0 spiro atoms. The monoisotopic (exact) mass is 277 g/mol. The first-order valence-electron chi connectivity index (χ1n) is 6.02. The zero-order chi connectivity index (χ0) is 14.5. The van der Waals surface area contributed by atoms with E-state index >= 15 is 0 Å². The number of carbonyl (C=O) groups is 1. The van der Waals surface area contributed by atoms with Crippen molar-refractivity contribution in [3.63, 3.8) is 0 Å². The summed E-state index contributed by atoms with van der Waals surface area (Å²) in [6.45, 7) is 0.417. The van der Waals surface area contributed by atoms with Gasteiger partial charge in [-0.2, -0.15) is 5.10 Å². The molecule has 0 amide bonds. The second-order valence-electron chi connectivity index (χ2n) is 4.25. The first-order valence-corrected chi connectivity index (χ1v) is 6.02. The van der Waals surface area contributed by atoms with E-state index in [-0.39, 0.29) is 23.7 Å². The van der Waals surface area contributed by atoms with Crippen molar-refractivity contribution in [3.05, 3.63) is 58.2 Å². The van der Waals surface area contributed by atoms with Crippen LogP contribution in [0.4, 0.5) is 10.1 Å². The number of hydrogen-bond acceptors (Lipinski definition) is 4. The van der Waals surface area contributed by atoms with Gasteiger partial charge in [0.2, 0.25) is 0 Å². The van der Waals surface area contributed by atoms with Crippen molar-refractivity contribution in [3.8, 4) is 0 Å². The standard InChI is InChI=1S/C13H12FN3O3/c14-11-5-3-10(4-6-11)13(18)2-1-7-16-9-12(8-15-16)17(19)20/h3-6,8-9H,1-2,7H2. The molecular formula is C13H12FN3O3. The summed E-state index contributed by atoms with van der Waals surface area (Å²) in [6.07, 6.45) is 3.28. The van der Waals surface area contributed by atoms with E-state index in [4.69, 9.17) is 0 Å². The molecule has 1 aromatic carbocycles. The van der Waals surface area contributed by atoms with Crippen LogP contribution < -0.4 is 0 Å². The number of halogens is 1. The molecule has 0 aliphatic rings. The molecule has 1 heterocycles. The highest BCUT2D eigenvalue weighted by atomic mass is 19.1. The molecule has 1 aromatic heterocycles. The number of benzene rings is 1. The van der Waals surface area contributed by atoms with Gasteiger partial charge in [-0.25, -0.2) is 4.39 Å². The highest BCUT2D eigenvalue weighted by Gasteiger charge is 2.09. The molecule has 104 valence electrons. The predicted molar refractivity (Wildman–Crippen MR) is 68.8 cm³/mol. The minimum Gasteiger partial charge on any atom is -0.294 e. The molecule has 6 nitrogen and oxygen atoms in total. The molecule has 0 radical (unpaired) electrons. The number of Topliss-reactive ketones (excluding diaryl/α,β-unsaturated/α-hetero) is 1. The first-order chi connectivity index (χ1) is 9.56. The lowest BCUT2D eigenvalue weighted by atomic mass is 10.1. The number of aryl methyl sites for hydroxylation is 1. The van der Waals surface area contributed by atoms with Gasteiger partial charge < -0.3 is 0 Å². The third-order valence-corrected chi connectivity index (χ3v) is 2.79. The summed E-state index contributed by atoms with van der Waals surface area (Å²) in [5.41, 5.74) is 0.382. The topological polar surface area (TPSA) is 78.0 Å². The van der Waals surface area contributed by atoms with Crippen LogP contribution >= 0.6 is 0 Å². The maximum Gasteiger partial charge on any atom is 0.306 e. The summed E-state index contributed by atoms with van der Waals surface area (Å²) >= 11 is 0. The summed E-state index contributed by atoms with van der Waals surface area (Å²) in [7, 11) is 0. The molecule has 2 aromatic rings. The van der Waals surface area contributed by atoms with Crippen molar-refractivity contribution in [2.75, 3.05) is 0 Å².